The molecule has 2 aromatic carbocycles. The fourth-order valence-electron chi connectivity index (χ4n) is 4.32. The van der Waals surface area contributed by atoms with Crippen LogP contribution >= 0.6 is 11.3 Å². The van der Waals surface area contributed by atoms with E-state index in [1.165, 1.54) is 25.7 Å². The van der Waals surface area contributed by atoms with E-state index in [9.17, 15) is 0 Å². The molecular weight excluding hydrogens is 446 g/mol. The smallest absolute Gasteiger partial charge is 0.247 e. The summed E-state index contributed by atoms with van der Waals surface area (Å²) < 4.78 is 11.7. The Bertz CT molecular complexity index is 1380. The average Bonchev–Trinajstić information content (AvgIpc) is 3.57. The molecule has 1 fully saturated rings. The molecule has 0 amide bonds. The van der Waals surface area contributed by atoms with Crippen LogP contribution in [-0.4, -0.2) is 38.2 Å². The van der Waals surface area contributed by atoms with E-state index in [2.05, 4.69) is 32.6 Å². The Morgan fingerprint density at radius 2 is 1.74 bits per heavy atom. The van der Waals surface area contributed by atoms with Crippen LogP contribution < -0.4 is 4.74 Å². The Morgan fingerprint density at radius 1 is 0.912 bits per heavy atom. The number of hydrogen-bond acceptors (Lipinski definition) is 8. The maximum Gasteiger partial charge on any atom is 0.247 e. The van der Waals surface area contributed by atoms with Crippen LogP contribution in [0.5, 0.6) is 11.6 Å². The summed E-state index contributed by atoms with van der Waals surface area (Å²) in [5, 5.41) is 10.8. The highest BCUT2D eigenvalue weighted by Gasteiger charge is 2.19. The van der Waals surface area contributed by atoms with Crippen LogP contribution in [0, 0.1) is 0 Å². The molecule has 1 aliphatic heterocycles. The van der Waals surface area contributed by atoms with Crippen molar-refractivity contribution in [3.8, 4) is 34.2 Å². The Balaban J connectivity index is 1.38. The highest BCUT2D eigenvalue weighted by Crippen LogP contribution is 2.39. The van der Waals surface area contributed by atoms with Crippen LogP contribution in [0.3, 0.4) is 0 Å². The standard InChI is InChI=1S/C26H23N5O2S/c1-3-7-18(8-4-1)21-16-34-26-23(21)25(28-22(29-26)15-31-13-5-2-6-14-31)33-20-11-9-19(10-12-20)24-30-27-17-32-24/h1,3-4,7-12,16-17H,2,5-6,13-15H2. The summed E-state index contributed by atoms with van der Waals surface area (Å²) in [7, 11) is 0. The zero-order valence-corrected chi connectivity index (χ0v) is 19.4. The molecule has 1 saturated heterocycles. The lowest BCUT2D eigenvalue weighted by molar-refractivity contribution is 0.215. The van der Waals surface area contributed by atoms with Gasteiger partial charge in [-0.05, 0) is 55.8 Å². The molecule has 0 saturated carbocycles. The van der Waals surface area contributed by atoms with Gasteiger partial charge in [-0.1, -0.05) is 36.8 Å². The zero-order chi connectivity index (χ0) is 22.7. The molecule has 0 N–H and O–H groups in total. The summed E-state index contributed by atoms with van der Waals surface area (Å²) in [4.78, 5) is 13.2. The highest BCUT2D eigenvalue weighted by molar-refractivity contribution is 7.17. The van der Waals surface area contributed by atoms with Crippen molar-refractivity contribution >= 4 is 21.6 Å². The molecule has 0 bridgehead atoms. The van der Waals surface area contributed by atoms with E-state index in [4.69, 9.17) is 19.1 Å². The molecule has 1 aliphatic rings. The third-order valence-corrected chi connectivity index (χ3v) is 6.89. The molecule has 0 spiro atoms. The number of nitrogens with zero attached hydrogens (tertiary/aromatic N) is 5. The molecule has 8 heteroatoms. The average molecular weight is 470 g/mol. The van der Waals surface area contributed by atoms with Gasteiger partial charge < -0.3 is 9.15 Å². The number of rotatable bonds is 6. The van der Waals surface area contributed by atoms with Gasteiger partial charge >= 0.3 is 0 Å². The van der Waals surface area contributed by atoms with E-state index < -0.39 is 0 Å². The van der Waals surface area contributed by atoms with Crippen LogP contribution in [0.1, 0.15) is 25.1 Å². The second kappa shape index (κ2) is 9.32. The van der Waals surface area contributed by atoms with Crippen molar-refractivity contribution in [3.63, 3.8) is 0 Å². The van der Waals surface area contributed by atoms with Crippen LogP contribution in [-0.2, 0) is 6.54 Å². The van der Waals surface area contributed by atoms with E-state index in [0.717, 1.165) is 52.4 Å². The van der Waals surface area contributed by atoms with Crippen molar-refractivity contribution in [1.29, 1.82) is 0 Å². The molecule has 4 heterocycles. The Kier molecular flexibility index (Phi) is 5.74. The van der Waals surface area contributed by atoms with Crippen molar-refractivity contribution in [2.24, 2.45) is 0 Å². The molecule has 34 heavy (non-hydrogen) atoms. The van der Waals surface area contributed by atoms with Crippen LogP contribution in [0.4, 0.5) is 0 Å². The normalized spacial score (nSPS) is 14.5. The van der Waals surface area contributed by atoms with Crippen molar-refractivity contribution in [1.82, 2.24) is 25.1 Å². The lowest BCUT2D eigenvalue weighted by Crippen LogP contribution is -2.29. The zero-order valence-electron chi connectivity index (χ0n) is 18.6. The van der Waals surface area contributed by atoms with Gasteiger partial charge in [0.2, 0.25) is 18.2 Å². The van der Waals surface area contributed by atoms with Gasteiger partial charge in [-0.15, -0.1) is 21.5 Å². The van der Waals surface area contributed by atoms with Crippen molar-refractivity contribution in [3.05, 3.63) is 72.2 Å². The summed E-state index contributed by atoms with van der Waals surface area (Å²) >= 11 is 1.63. The largest absolute Gasteiger partial charge is 0.438 e. The third kappa shape index (κ3) is 4.30. The number of aromatic nitrogens is 4. The van der Waals surface area contributed by atoms with Gasteiger partial charge in [-0.25, -0.2) is 4.98 Å². The first-order valence-corrected chi connectivity index (χ1v) is 12.3. The molecule has 6 rings (SSSR count). The van der Waals surface area contributed by atoms with Crippen molar-refractivity contribution in [2.45, 2.75) is 25.8 Å². The van der Waals surface area contributed by atoms with E-state index in [1.54, 1.807) is 11.3 Å². The van der Waals surface area contributed by atoms with E-state index in [-0.39, 0.29) is 0 Å². The van der Waals surface area contributed by atoms with Gasteiger partial charge in [0.05, 0.1) is 11.9 Å². The van der Waals surface area contributed by atoms with Gasteiger partial charge in [0.25, 0.3) is 0 Å². The topological polar surface area (TPSA) is 77.2 Å². The van der Waals surface area contributed by atoms with E-state index >= 15 is 0 Å². The van der Waals surface area contributed by atoms with E-state index in [0.29, 0.717) is 17.5 Å². The molecule has 0 atom stereocenters. The Labute approximate surface area is 201 Å². The highest BCUT2D eigenvalue weighted by atomic mass is 32.1. The number of thiophene rings is 1. The summed E-state index contributed by atoms with van der Waals surface area (Å²) in [5.74, 6) is 2.55. The summed E-state index contributed by atoms with van der Waals surface area (Å²) in [6.45, 7) is 2.92. The number of benzene rings is 2. The van der Waals surface area contributed by atoms with Crippen LogP contribution in [0.15, 0.2) is 70.8 Å². The molecule has 7 nitrogen and oxygen atoms in total. The van der Waals surface area contributed by atoms with Gasteiger partial charge in [-0.2, -0.15) is 4.98 Å². The SMILES string of the molecule is c1ccc(-c2csc3nc(CN4CCCCC4)nc(Oc4ccc(-c5nnco5)cc4)c23)cc1. The molecule has 0 unspecified atom stereocenters. The fraction of sp³-hybridized carbons (Fsp3) is 0.231. The number of ether oxygens (including phenoxy) is 1. The second-order valence-corrected chi connectivity index (χ2v) is 9.21. The van der Waals surface area contributed by atoms with Crippen molar-refractivity contribution in [2.75, 3.05) is 13.1 Å². The predicted octanol–water partition coefficient (Wildman–Crippen LogP) is 6.19. The molecule has 170 valence electrons. The minimum absolute atomic E-state index is 0.476. The number of likely N-dealkylation sites (tertiary alicyclic amines) is 1. The predicted molar refractivity (Wildman–Crippen MR) is 132 cm³/mol. The molecule has 3 aromatic heterocycles. The molecule has 5 aromatic rings. The number of fused-ring (bicyclic) bond motifs is 1. The summed E-state index contributed by atoms with van der Waals surface area (Å²) in [6, 6.07) is 17.9. The lowest BCUT2D eigenvalue weighted by atomic mass is 10.1. The molecule has 0 aliphatic carbocycles. The van der Waals surface area contributed by atoms with Gasteiger partial charge in [0.15, 0.2) is 0 Å². The minimum atomic E-state index is 0.476. The quantitative estimate of drug-likeness (QED) is 0.294. The van der Waals surface area contributed by atoms with E-state index in [1.807, 2.05) is 42.5 Å². The first kappa shape index (κ1) is 20.9. The fourth-order valence-corrected chi connectivity index (χ4v) is 5.28. The van der Waals surface area contributed by atoms with Gasteiger partial charge in [0.1, 0.15) is 16.4 Å². The molecule has 0 radical (unpaired) electrons. The Morgan fingerprint density at radius 3 is 2.50 bits per heavy atom. The maximum absolute atomic E-state index is 6.38. The lowest BCUT2D eigenvalue weighted by Gasteiger charge is -2.25. The maximum atomic E-state index is 6.38. The van der Waals surface area contributed by atoms with Gasteiger partial charge in [-0.3, -0.25) is 4.90 Å². The summed E-state index contributed by atoms with van der Waals surface area (Å²) in [5.41, 5.74) is 3.05. The van der Waals surface area contributed by atoms with Crippen molar-refractivity contribution < 1.29 is 9.15 Å². The summed E-state index contributed by atoms with van der Waals surface area (Å²) in [6.07, 6.45) is 5.09. The number of hydrogen-bond donors (Lipinski definition) is 0. The first-order valence-electron chi connectivity index (χ1n) is 11.4. The third-order valence-electron chi connectivity index (χ3n) is 6.02. The monoisotopic (exact) mass is 469 g/mol. The molecular formula is C26H23N5O2S. The van der Waals surface area contributed by atoms with Gasteiger partial charge in [0, 0.05) is 16.5 Å². The van der Waals surface area contributed by atoms with Crippen LogP contribution in [0.2, 0.25) is 0 Å². The Hall–Kier alpha value is -3.62. The first-order chi connectivity index (χ1) is 16.8. The number of piperidine rings is 1. The van der Waals surface area contributed by atoms with Crippen LogP contribution in [0.25, 0.3) is 32.8 Å². The second-order valence-electron chi connectivity index (χ2n) is 8.35. The minimum Gasteiger partial charge on any atom is -0.438 e.